The summed E-state index contributed by atoms with van der Waals surface area (Å²) >= 11 is 0. The van der Waals surface area contributed by atoms with E-state index >= 15 is 0 Å². The van der Waals surface area contributed by atoms with Crippen molar-refractivity contribution >= 4 is 16.0 Å². The van der Waals surface area contributed by atoms with Gasteiger partial charge in [-0.15, -0.1) is 0 Å². The molecule has 0 aromatic heterocycles. The number of carboxylic acid groups (broad SMARTS) is 1. The maximum atomic E-state index is 12.8. The molecule has 0 bridgehead atoms. The maximum Gasteiger partial charge on any atom is 0.416 e. The summed E-state index contributed by atoms with van der Waals surface area (Å²) in [5, 5.41) is 8.83. The Labute approximate surface area is 119 Å². The van der Waals surface area contributed by atoms with Crippen molar-refractivity contribution in [2.45, 2.75) is 37.4 Å². The molecule has 0 fully saturated rings. The second kappa shape index (κ2) is 6.02. The van der Waals surface area contributed by atoms with Gasteiger partial charge in [0.2, 0.25) is 10.0 Å². The minimum absolute atomic E-state index is 0.0351. The van der Waals surface area contributed by atoms with E-state index in [2.05, 4.69) is 0 Å². The third kappa shape index (κ3) is 3.94. The first-order chi connectivity index (χ1) is 9.50. The molecular weight excluding hydrogens is 311 g/mol. The van der Waals surface area contributed by atoms with Crippen LogP contribution >= 0.6 is 0 Å². The highest BCUT2D eigenvalue weighted by Gasteiger charge is 2.35. The molecule has 0 radical (unpaired) electrons. The summed E-state index contributed by atoms with van der Waals surface area (Å²) in [6.45, 7) is 2.47. The number of carbonyl (C=O) groups is 1. The molecule has 0 saturated heterocycles. The fourth-order valence-corrected chi connectivity index (χ4v) is 3.31. The zero-order valence-corrected chi connectivity index (χ0v) is 12.0. The Hall–Kier alpha value is -1.61. The van der Waals surface area contributed by atoms with Crippen LogP contribution in [0.15, 0.2) is 23.1 Å². The van der Waals surface area contributed by atoms with Crippen LogP contribution in [0, 0.1) is 6.92 Å². The van der Waals surface area contributed by atoms with Crippen LogP contribution < -0.4 is 4.72 Å². The van der Waals surface area contributed by atoms with Gasteiger partial charge in [0.25, 0.3) is 0 Å². The van der Waals surface area contributed by atoms with Crippen molar-refractivity contribution in [3.63, 3.8) is 0 Å². The minimum atomic E-state index is -4.69. The van der Waals surface area contributed by atoms with Gasteiger partial charge in [0.1, 0.15) is 6.04 Å². The van der Waals surface area contributed by atoms with Crippen molar-refractivity contribution in [2.24, 2.45) is 0 Å². The van der Waals surface area contributed by atoms with Crippen molar-refractivity contribution in [2.75, 3.05) is 0 Å². The fourth-order valence-electron chi connectivity index (χ4n) is 1.77. The molecule has 1 aromatic carbocycles. The molecule has 1 atom stereocenters. The molecule has 2 N–H and O–H groups in total. The third-order valence-electron chi connectivity index (χ3n) is 2.88. The van der Waals surface area contributed by atoms with Gasteiger partial charge >= 0.3 is 12.1 Å². The van der Waals surface area contributed by atoms with Gasteiger partial charge in [-0.1, -0.05) is 13.0 Å². The molecule has 0 amide bonds. The standard InChI is InChI=1S/C12H14F3NO4S/c1-3-9(11(17)18)16-21(19,20)10-6-4-5-8(7(10)2)12(13,14)15/h4-6,9,16H,3H2,1-2H3,(H,17,18). The highest BCUT2D eigenvalue weighted by molar-refractivity contribution is 7.89. The van der Waals surface area contributed by atoms with Crippen molar-refractivity contribution in [3.8, 4) is 0 Å². The second-order valence-corrected chi connectivity index (χ2v) is 6.03. The third-order valence-corrected chi connectivity index (χ3v) is 4.50. The van der Waals surface area contributed by atoms with Crippen LogP contribution in [-0.2, 0) is 21.0 Å². The van der Waals surface area contributed by atoms with Gasteiger partial charge in [-0.25, -0.2) is 8.42 Å². The van der Waals surface area contributed by atoms with Crippen LogP contribution in [0.5, 0.6) is 0 Å². The summed E-state index contributed by atoms with van der Waals surface area (Å²) in [7, 11) is -4.36. The van der Waals surface area contributed by atoms with Crippen LogP contribution in [-0.4, -0.2) is 25.5 Å². The first-order valence-corrected chi connectivity index (χ1v) is 7.41. The van der Waals surface area contributed by atoms with Crippen LogP contribution in [0.4, 0.5) is 13.2 Å². The second-order valence-electron chi connectivity index (χ2n) is 4.35. The maximum absolute atomic E-state index is 12.8. The molecule has 1 rings (SSSR count). The lowest BCUT2D eigenvalue weighted by Crippen LogP contribution is -2.40. The van der Waals surface area contributed by atoms with E-state index in [1.807, 2.05) is 4.72 Å². The Balaban J connectivity index is 3.30. The summed E-state index contributed by atoms with van der Waals surface area (Å²) in [4.78, 5) is 10.3. The Morgan fingerprint density at radius 2 is 1.95 bits per heavy atom. The van der Waals surface area contributed by atoms with E-state index in [9.17, 15) is 26.4 Å². The number of alkyl halides is 3. The van der Waals surface area contributed by atoms with Crippen molar-refractivity contribution in [3.05, 3.63) is 29.3 Å². The Kier molecular flexibility index (Phi) is 5.00. The Morgan fingerprint density at radius 3 is 2.38 bits per heavy atom. The van der Waals surface area contributed by atoms with Crippen LogP contribution in [0.2, 0.25) is 0 Å². The molecule has 21 heavy (non-hydrogen) atoms. The smallest absolute Gasteiger partial charge is 0.416 e. The number of benzene rings is 1. The molecule has 5 nitrogen and oxygen atoms in total. The number of nitrogens with one attached hydrogen (secondary N) is 1. The average Bonchev–Trinajstić information content (AvgIpc) is 2.34. The van der Waals surface area contributed by atoms with Crippen molar-refractivity contribution < 1.29 is 31.5 Å². The van der Waals surface area contributed by atoms with E-state index in [-0.39, 0.29) is 6.42 Å². The SMILES string of the molecule is CCC(NS(=O)(=O)c1cccc(C(F)(F)F)c1C)C(=O)O. The van der Waals surface area contributed by atoms with E-state index in [4.69, 9.17) is 5.11 Å². The number of hydrogen-bond acceptors (Lipinski definition) is 3. The first-order valence-electron chi connectivity index (χ1n) is 5.92. The number of hydrogen-bond donors (Lipinski definition) is 2. The average molecular weight is 325 g/mol. The molecule has 1 aromatic rings. The number of carboxylic acids is 1. The molecule has 0 saturated carbocycles. The molecule has 0 aliphatic heterocycles. The van der Waals surface area contributed by atoms with E-state index in [0.29, 0.717) is 0 Å². The fraction of sp³-hybridized carbons (Fsp3) is 0.417. The summed E-state index contributed by atoms with van der Waals surface area (Å²) in [5.74, 6) is -1.40. The lowest BCUT2D eigenvalue weighted by Gasteiger charge is -2.17. The van der Waals surface area contributed by atoms with Gasteiger partial charge in [0.15, 0.2) is 0 Å². The molecule has 0 heterocycles. The molecule has 9 heteroatoms. The lowest BCUT2D eigenvalue weighted by atomic mass is 10.1. The van der Waals surface area contributed by atoms with Crippen LogP contribution in [0.25, 0.3) is 0 Å². The van der Waals surface area contributed by atoms with Crippen LogP contribution in [0.3, 0.4) is 0 Å². The normalized spacial score (nSPS) is 14.0. The predicted molar refractivity (Wildman–Crippen MR) is 68.2 cm³/mol. The van der Waals surface area contributed by atoms with Gasteiger partial charge in [-0.05, 0) is 31.0 Å². The minimum Gasteiger partial charge on any atom is -0.480 e. The molecule has 0 aliphatic carbocycles. The van der Waals surface area contributed by atoms with Gasteiger partial charge in [-0.2, -0.15) is 17.9 Å². The van der Waals surface area contributed by atoms with Crippen molar-refractivity contribution in [1.29, 1.82) is 0 Å². The molecule has 118 valence electrons. The first kappa shape index (κ1) is 17.4. The molecule has 0 spiro atoms. The highest BCUT2D eigenvalue weighted by Crippen LogP contribution is 2.34. The van der Waals surface area contributed by atoms with E-state index in [1.54, 1.807) is 0 Å². The molecule has 0 aliphatic rings. The van der Waals surface area contributed by atoms with Gasteiger partial charge in [-0.3, -0.25) is 4.79 Å². The highest BCUT2D eigenvalue weighted by atomic mass is 32.2. The molecular formula is C12H14F3NO4S. The molecule has 1 unspecified atom stereocenters. The monoisotopic (exact) mass is 325 g/mol. The summed E-state index contributed by atoms with van der Waals surface area (Å²) in [6.07, 6.45) is -4.72. The summed E-state index contributed by atoms with van der Waals surface area (Å²) < 4.78 is 64.3. The summed E-state index contributed by atoms with van der Waals surface area (Å²) in [6, 6.07) is 1.33. The number of halogens is 3. The summed E-state index contributed by atoms with van der Waals surface area (Å²) in [5.41, 5.74) is -1.55. The number of rotatable bonds is 5. The Morgan fingerprint density at radius 1 is 1.38 bits per heavy atom. The van der Waals surface area contributed by atoms with E-state index in [0.717, 1.165) is 25.1 Å². The number of aliphatic carboxylic acids is 1. The lowest BCUT2D eigenvalue weighted by molar-refractivity contribution is -0.139. The zero-order valence-electron chi connectivity index (χ0n) is 11.2. The van der Waals surface area contributed by atoms with Crippen molar-refractivity contribution in [1.82, 2.24) is 4.72 Å². The Bertz CT molecular complexity index is 640. The largest absolute Gasteiger partial charge is 0.480 e. The quantitative estimate of drug-likeness (QED) is 0.869. The predicted octanol–water partition coefficient (Wildman–Crippen LogP) is 2.16. The van der Waals surface area contributed by atoms with Gasteiger partial charge in [0, 0.05) is 0 Å². The van der Waals surface area contributed by atoms with E-state index in [1.165, 1.54) is 6.92 Å². The van der Waals surface area contributed by atoms with Gasteiger partial charge < -0.3 is 5.11 Å². The number of sulfonamides is 1. The van der Waals surface area contributed by atoms with E-state index < -0.39 is 44.2 Å². The van der Waals surface area contributed by atoms with Crippen LogP contribution in [0.1, 0.15) is 24.5 Å². The zero-order chi connectivity index (χ0) is 16.4. The topological polar surface area (TPSA) is 83.5 Å². The van der Waals surface area contributed by atoms with Gasteiger partial charge in [0.05, 0.1) is 10.5 Å².